The first-order chi connectivity index (χ1) is 8.95. The van der Waals surface area contributed by atoms with Gasteiger partial charge in [-0.2, -0.15) is 5.10 Å². The Bertz CT molecular complexity index is 667. The second kappa shape index (κ2) is 5.41. The lowest BCUT2D eigenvalue weighted by atomic mass is 10.7. The molecule has 0 aromatic carbocycles. The number of halogens is 1. The number of aryl methyl sites for hydroxylation is 1. The van der Waals surface area contributed by atoms with E-state index in [1.807, 2.05) is 6.92 Å². The van der Waals surface area contributed by atoms with Gasteiger partial charge in [0.1, 0.15) is 4.90 Å². The Morgan fingerprint density at radius 1 is 1.32 bits per heavy atom. The van der Waals surface area contributed by atoms with Gasteiger partial charge in [0.05, 0.1) is 6.20 Å². The van der Waals surface area contributed by atoms with Crippen LogP contribution in [0.1, 0.15) is 6.92 Å². The molecule has 0 atom stereocenters. The zero-order chi connectivity index (χ0) is 14.0. The lowest BCUT2D eigenvalue weighted by Crippen LogP contribution is -2.28. The topological polar surface area (TPSA) is 81.0 Å². The van der Waals surface area contributed by atoms with Crippen molar-refractivity contribution in [2.45, 2.75) is 18.4 Å². The van der Waals surface area contributed by atoms with Gasteiger partial charge in [0, 0.05) is 35.8 Å². The molecule has 0 N–H and O–H groups in total. The molecule has 0 fully saturated rings. The van der Waals surface area contributed by atoms with E-state index in [1.54, 1.807) is 17.1 Å². The van der Waals surface area contributed by atoms with E-state index in [1.165, 1.54) is 19.4 Å². The van der Waals surface area contributed by atoms with Crippen molar-refractivity contribution < 1.29 is 8.42 Å². The monoisotopic (exact) mass is 393 g/mol. The molecule has 7 nitrogen and oxygen atoms in total. The van der Waals surface area contributed by atoms with Crippen LogP contribution in [0, 0.1) is 3.57 Å². The molecule has 2 heterocycles. The fourth-order valence-electron chi connectivity index (χ4n) is 1.38. The first-order valence-corrected chi connectivity index (χ1v) is 7.96. The number of hydrogen-bond donors (Lipinski definition) is 0. The van der Waals surface area contributed by atoms with Crippen LogP contribution in [0.25, 0.3) is 0 Å². The SMILES string of the molecule is CCn1cc(S(=O)(=O)N(C)c2ncc(I)cn2)cn1. The molecule has 0 bridgehead atoms. The Morgan fingerprint density at radius 3 is 2.47 bits per heavy atom. The van der Waals surface area contributed by atoms with Gasteiger partial charge in [-0.15, -0.1) is 0 Å². The lowest BCUT2D eigenvalue weighted by Gasteiger charge is -2.15. The van der Waals surface area contributed by atoms with Crippen molar-refractivity contribution in [1.29, 1.82) is 0 Å². The molecular formula is C10H12IN5O2S. The molecule has 0 aliphatic heterocycles. The average molecular weight is 393 g/mol. The standard InChI is InChI=1S/C10H12IN5O2S/c1-3-16-7-9(6-14-16)19(17,18)15(2)10-12-4-8(11)5-13-10/h4-7H,3H2,1-2H3. The van der Waals surface area contributed by atoms with Crippen molar-refractivity contribution >= 4 is 38.6 Å². The Morgan fingerprint density at radius 2 is 1.95 bits per heavy atom. The third kappa shape index (κ3) is 2.86. The van der Waals surface area contributed by atoms with E-state index in [9.17, 15) is 8.42 Å². The largest absolute Gasteiger partial charge is 0.272 e. The van der Waals surface area contributed by atoms with Crippen molar-refractivity contribution in [3.63, 3.8) is 0 Å². The maximum absolute atomic E-state index is 12.3. The number of anilines is 1. The zero-order valence-corrected chi connectivity index (χ0v) is 13.3. The van der Waals surface area contributed by atoms with Gasteiger partial charge in [0.25, 0.3) is 10.0 Å². The molecule has 0 amide bonds. The molecule has 2 aromatic rings. The highest BCUT2D eigenvalue weighted by Gasteiger charge is 2.24. The Hall–Kier alpha value is -1.23. The van der Waals surface area contributed by atoms with Gasteiger partial charge >= 0.3 is 0 Å². The third-order valence-electron chi connectivity index (χ3n) is 2.48. The first-order valence-electron chi connectivity index (χ1n) is 5.44. The summed E-state index contributed by atoms with van der Waals surface area (Å²) in [7, 11) is -2.25. The van der Waals surface area contributed by atoms with Gasteiger partial charge in [-0.1, -0.05) is 0 Å². The Kier molecular flexibility index (Phi) is 4.04. The summed E-state index contributed by atoms with van der Waals surface area (Å²) in [5, 5.41) is 3.96. The summed E-state index contributed by atoms with van der Waals surface area (Å²) in [6.07, 6.45) is 5.93. The molecule has 0 radical (unpaired) electrons. The molecular weight excluding hydrogens is 381 g/mol. The highest BCUT2D eigenvalue weighted by atomic mass is 127. The van der Waals surface area contributed by atoms with Crippen LogP contribution in [-0.4, -0.2) is 35.2 Å². The average Bonchev–Trinajstić information content (AvgIpc) is 2.88. The Labute approximate surface area is 124 Å². The predicted molar refractivity (Wildman–Crippen MR) is 78.2 cm³/mol. The number of aromatic nitrogens is 4. The van der Waals surface area contributed by atoms with Crippen LogP contribution in [0.15, 0.2) is 29.7 Å². The molecule has 0 saturated carbocycles. The van der Waals surface area contributed by atoms with Crippen LogP contribution in [-0.2, 0) is 16.6 Å². The van der Waals surface area contributed by atoms with Crippen molar-refractivity contribution in [2.75, 3.05) is 11.4 Å². The summed E-state index contributed by atoms with van der Waals surface area (Å²) >= 11 is 2.05. The molecule has 0 saturated heterocycles. The quantitative estimate of drug-likeness (QED) is 0.728. The fraction of sp³-hybridized carbons (Fsp3) is 0.300. The molecule has 2 aromatic heterocycles. The normalized spacial score (nSPS) is 11.5. The summed E-state index contributed by atoms with van der Waals surface area (Å²) < 4.78 is 28.1. The second-order valence-electron chi connectivity index (χ2n) is 3.71. The fourth-order valence-corrected chi connectivity index (χ4v) is 2.72. The van der Waals surface area contributed by atoms with E-state index in [2.05, 4.69) is 37.7 Å². The molecule has 19 heavy (non-hydrogen) atoms. The van der Waals surface area contributed by atoms with Crippen LogP contribution in [0.5, 0.6) is 0 Å². The maximum atomic E-state index is 12.3. The van der Waals surface area contributed by atoms with E-state index in [0.29, 0.717) is 6.54 Å². The maximum Gasteiger partial charge on any atom is 0.269 e. The smallest absolute Gasteiger partial charge is 0.269 e. The van der Waals surface area contributed by atoms with Crippen molar-refractivity contribution in [1.82, 2.24) is 19.7 Å². The minimum atomic E-state index is -3.67. The predicted octanol–water partition coefficient (Wildman–Crippen LogP) is 1.12. The number of hydrogen-bond acceptors (Lipinski definition) is 5. The van der Waals surface area contributed by atoms with Crippen molar-refractivity contribution in [2.24, 2.45) is 0 Å². The summed E-state index contributed by atoms with van der Waals surface area (Å²) in [4.78, 5) is 8.12. The van der Waals surface area contributed by atoms with Crippen LogP contribution < -0.4 is 4.31 Å². The van der Waals surface area contributed by atoms with Crippen LogP contribution in [0.3, 0.4) is 0 Å². The highest BCUT2D eigenvalue weighted by Crippen LogP contribution is 2.18. The molecule has 2 rings (SSSR count). The molecule has 102 valence electrons. The second-order valence-corrected chi connectivity index (χ2v) is 6.92. The molecule has 0 aliphatic carbocycles. The van der Waals surface area contributed by atoms with Gasteiger partial charge in [-0.25, -0.2) is 22.7 Å². The summed E-state index contributed by atoms with van der Waals surface area (Å²) in [6.45, 7) is 2.49. The Balaban J connectivity index is 2.36. The number of sulfonamides is 1. The highest BCUT2D eigenvalue weighted by molar-refractivity contribution is 14.1. The first kappa shape index (κ1) is 14.2. The zero-order valence-electron chi connectivity index (χ0n) is 10.4. The summed E-state index contributed by atoms with van der Waals surface area (Å²) in [5.41, 5.74) is 0. The summed E-state index contributed by atoms with van der Waals surface area (Å²) in [5.74, 6) is 0.129. The van der Waals surface area contributed by atoms with E-state index in [0.717, 1.165) is 7.88 Å². The number of nitrogens with zero attached hydrogens (tertiary/aromatic N) is 5. The molecule has 0 unspecified atom stereocenters. The van der Waals surface area contributed by atoms with Gasteiger partial charge in [0.2, 0.25) is 5.95 Å². The minimum absolute atomic E-state index is 0.124. The van der Waals surface area contributed by atoms with Crippen LogP contribution in [0.4, 0.5) is 5.95 Å². The van der Waals surface area contributed by atoms with Crippen molar-refractivity contribution in [3.05, 3.63) is 28.4 Å². The van der Waals surface area contributed by atoms with E-state index in [-0.39, 0.29) is 10.8 Å². The van der Waals surface area contributed by atoms with Crippen LogP contribution >= 0.6 is 22.6 Å². The summed E-state index contributed by atoms with van der Waals surface area (Å²) in [6, 6.07) is 0. The molecule has 0 spiro atoms. The van der Waals surface area contributed by atoms with E-state index >= 15 is 0 Å². The van der Waals surface area contributed by atoms with Crippen LogP contribution in [0.2, 0.25) is 0 Å². The van der Waals surface area contributed by atoms with E-state index in [4.69, 9.17) is 0 Å². The molecule has 9 heteroatoms. The van der Waals surface area contributed by atoms with Gasteiger partial charge in [-0.3, -0.25) is 4.68 Å². The third-order valence-corrected chi connectivity index (χ3v) is 4.73. The van der Waals surface area contributed by atoms with Gasteiger partial charge < -0.3 is 0 Å². The van der Waals surface area contributed by atoms with Gasteiger partial charge in [0.15, 0.2) is 0 Å². The minimum Gasteiger partial charge on any atom is -0.272 e. The molecule has 0 aliphatic rings. The lowest BCUT2D eigenvalue weighted by molar-refractivity contribution is 0.592. The van der Waals surface area contributed by atoms with E-state index < -0.39 is 10.0 Å². The van der Waals surface area contributed by atoms with Crippen molar-refractivity contribution in [3.8, 4) is 0 Å². The number of rotatable bonds is 4. The van der Waals surface area contributed by atoms with Gasteiger partial charge in [-0.05, 0) is 29.5 Å².